The van der Waals surface area contributed by atoms with E-state index < -0.39 is 0 Å². The average Bonchev–Trinajstić information content (AvgIpc) is 2.63. The highest BCUT2D eigenvalue weighted by molar-refractivity contribution is 7.15. The van der Waals surface area contributed by atoms with Gasteiger partial charge in [0.15, 0.2) is 10.5 Å². The molecule has 0 saturated carbocycles. The van der Waals surface area contributed by atoms with Crippen molar-refractivity contribution in [1.29, 1.82) is 0 Å². The van der Waals surface area contributed by atoms with Crippen LogP contribution in [0.1, 0.15) is 10.0 Å². The maximum Gasteiger partial charge on any atom is 0.246 e. The predicted molar refractivity (Wildman–Crippen MR) is 61.0 cm³/mol. The zero-order chi connectivity index (χ0) is 11.4. The van der Waals surface area contributed by atoms with E-state index in [1.54, 1.807) is 19.2 Å². The van der Waals surface area contributed by atoms with Gasteiger partial charge in [-0.05, 0) is 0 Å². The Hall–Kier alpha value is -0.850. The third-order valence-corrected chi connectivity index (χ3v) is 3.40. The standard InChI is InChI=1S/C4H4ClNOS.C4H5NOS/c1-3-6(7)2-4(5)8-3;1-4-5(6)2-3-7-4/h2H,1H3;2-3H,1H3. The fourth-order valence-corrected chi connectivity index (χ4v) is 2.27. The number of thiazole rings is 2. The van der Waals surface area contributed by atoms with Gasteiger partial charge in [-0.3, -0.25) is 0 Å². The smallest absolute Gasteiger partial charge is 0.246 e. The van der Waals surface area contributed by atoms with Crippen molar-refractivity contribution in [2.24, 2.45) is 0 Å². The Morgan fingerprint density at radius 1 is 1.20 bits per heavy atom. The molecule has 0 aliphatic heterocycles. The van der Waals surface area contributed by atoms with E-state index in [4.69, 9.17) is 11.6 Å². The first kappa shape index (κ1) is 12.2. The molecule has 82 valence electrons. The van der Waals surface area contributed by atoms with Crippen LogP contribution in [-0.4, -0.2) is 0 Å². The lowest BCUT2D eigenvalue weighted by Gasteiger charge is -1.86. The summed E-state index contributed by atoms with van der Waals surface area (Å²) >= 11 is 8.20. The molecule has 0 N–H and O–H groups in total. The summed E-state index contributed by atoms with van der Waals surface area (Å²) in [4.78, 5) is 0. The third kappa shape index (κ3) is 3.65. The molecule has 7 heteroatoms. The van der Waals surface area contributed by atoms with Crippen molar-refractivity contribution >= 4 is 34.3 Å². The Kier molecular flexibility index (Phi) is 4.31. The van der Waals surface area contributed by atoms with Crippen molar-refractivity contribution in [2.45, 2.75) is 13.8 Å². The Morgan fingerprint density at radius 3 is 2.00 bits per heavy atom. The topological polar surface area (TPSA) is 53.9 Å². The van der Waals surface area contributed by atoms with Crippen LogP contribution in [0.3, 0.4) is 0 Å². The van der Waals surface area contributed by atoms with Crippen LogP contribution in [0, 0.1) is 24.3 Å². The summed E-state index contributed by atoms with van der Waals surface area (Å²) in [5.41, 5.74) is 0. The first-order valence-corrected chi connectivity index (χ1v) is 6.06. The number of nitrogens with zero attached hydrogens (tertiary/aromatic N) is 2. The van der Waals surface area contributed by atoms with Crippen LogP contribution in [0.2, 0.25) is 4.34 Å². The molecule has 2 heterocycles. The molecule has 0 spiro atoms. The lowest BCUT2D eigenvalue weighted by Crippen LogP contribution is -2.24. The number of hydrogen-bond donors (Lipinski definition) is 0. The first-order valence-electron chi connectivity index (χ1n) is 3.99. The average molecular weight is 265 g/mol. The minimum atomic E-state index is 0.539. The van der Waals surface area contributed by atoms with Crippen molar-refractivity contribution in [1.82, 2.24) is 0 Å². The van der Waals surface area contributed by atoms with Crippen molar-refractivity contribution in [3.63, 3.8) is 0 Å². The van der Waals surface area contributed by atoms with Gasteiger partial charge in [-0.25, -0.2) is 0 Å². The summed E-state index contributed by atoms with van der Waals surface area (Å²) < 4.78 is 2.15. The van der Waals surface area contributed by atoms with E-state index in [0.717, 1.165) is 14.5 Å². The van der Waals surface area contributed by atoms with Gasteiger partial charge in [0, 0.05) is 13.8 Å². The highest BCUT2D eigenvalue weighted by atomic mass is 35.5. The summed E-state index contributed by atoms with van der Waals surface area (Å²) in [6, 6.07) is 0. The van der Waals surface area contributed by atoms with Crippen molar-refractivity contribution in [2.75, 3.05) is 0 Å². The lowest BCUT2D eigenvalue weighted by atomic mass is 10.8. The molecular weight excluding hydrogens is 256 g/mol. The summed E-state index contributed by atoms with van der Waals surface area (Å²) in [5, 5.41) is 24.1. The molecule has 0 aliphatic rings. The molecular formula is C8H9ClN2O2S2. The van der Waals surface area contributed by atoms with Gasteiger partial charge in [-0.1, -0.05) is 34.3 Å². The lowest BCUT2D eigenvalue weighted by molar-refractivity contribution is -0.606. The van der Waals surface area contributed by atoms with Gasteiger partial charge in [0.25, 0.3) is 0 Å². The fourth-order valence-electron chi connectivity index (χ4n) is 0.737. The van der Waals surface area contributed by atoms with Crippen molar-refractivity contribution in [3.05, 3.63) is 42.5 Å². The van der Waals surface area contributed by atoms with Gasteiger partial charge in [0.2, 0.25) is 16.2 Å². The van der Waals surface area contributed by atoms with Crippen LogP contribution in [0.25, 0.3) is 0 Å². The largest absolute Gasteiger partial charge is 0.618 e. The maximum atomic E-state index is 10.5. The van der Waals surface area contributed by atoms with Crippen molar-refractivity contribution in [3.8, 4) is 0 Å². The summed E-state index contributed by atoms with van der Waals surface area (Å²) in [5.74, 6) is 0. The molecule has 0 fully saturated rings. The van der Waals surface area contributed by atoms with Crippen LogP contribution < -0.4 is 9.46 Å². The molecule has 0 unspecified atom stereocenters. The second-order valence-corrected chi connectivity index (χ2v) is 5.59. The van der Waals surface area contributed by atoms with E-state index in [1.807, 2.05) is 0 Å². The van der Waals surface area contributed by atoms with Gasteiger partial charge < -0.3 is 10.4 Å². The highest BCUT2D eigenvalue weighted by Crippen LogP contribution is 2.14. The SMILES string of the molecule is Cc1sc(Cl)c[n+]1[O-].Cc1scc[n+]1[O-]. The predicted octanol–water partition coefficient (Wildman–Crippen LogP) is 2.03. The van der Waals surface area contributed by atoms with Gasteiger partial charge in [0.1, 0.15) is 0 Å². The molecule has 2 rings (SSSR count). The van der Waals surface area contributed by atoms with Gasteiger partial charge >= 0.3 is 0 Å². The Labute approximate surface area is 100 Å². The number of aryl methyl sites for hydroxylation is 2. The Bertz CT molecular complexity index is 406. The summed E-state index contributed by atoms with van der Waals surface area (Å²) in [7, 11) is 0. The summed E-state index contributed by atoms with van der Waals surface area (Å²) in [6.45, 7) is 3.52. The summed E-state index contributed by atoms with van der Waals surface area (Å²) in [6.07, 6.45) is 2.85. The monoisotopic (exact) mass is 264 g/mol. The molecule has 0 aromatic carbocycles. The Morgan fingerprint density at radius 2 is 1.87 bits per heavy atom. The van der Waals surface area contributed by atoms with Crippen LogP contribution in [0.4, 0.5) is 0 Å². The number of halogens is 1. The quantitative estimate of drug-likeness (QED) is 0.540. The molecule has 0 saturated heterocycles. The third-order valence-electron chi connectivity index (χ3n) is 1.52. The molecule has 0 bridgehead atoms. The molecule has 2 aromatic rings. The molecule has 0 amide bonds. The van der Waals surface area contributed by atoms with Gasteiger partial charge in [0.05, 0.1) is 5.38 Å². The van der Waals surface area contributed by atoms with E-state index in [0.29, 0.717) is 9.34 Å². The maximum absolute atomic E-state index is 10.5. The molecule has 15 heavy (non-hydrogen) atoms. The zero-order valence-corrected chi connectivity index (χ0v) is 10.5. The second-order valence-electron chi connectivity index (χ2n) is 2.63. The van der Waals surface area contributed by atoms with Gasteiger partial charge in [-0.2, -0.15) is 9.46 Å². The molecule has 0 atom stereocenters. The van der Waals surface area contributed by atoms with Crippen LogP contribution in [-0.2, 0) is 0 Å². The molecule has 0 aliphatic carbocycles. The molecule has 2 aromatic heterocycles. The van der Waals surface area contributed by atoms with Crippen molar-refractivity contribution < 1.29 is 9.46 Å². The van der Waals surface area contributed by atoms with E-state index in [2.05, 4.69) is 0 Å². The van der Waals surface area contributed by atoms with Crippen LogP contribution >= 0.6 is 34.3 Å². The minimum Gasteiger partial charge on any atom is -0.618 e. The van der Waals surface area contributed by atoms with E-state index in [9.17, 15) is 10.4 Å². The molecule has 0 radical (unpaired) electrons. The second kappa shape index (κ2) is 5.29. The molecule has 4 nitrogen and oxygen atoms in total. The highest BCUT2D eigenvalue weighted by Gasteiger charge is 2.02. The fraction of sp³-hybridized carbons (Fsp3) is 0.250. The first-order chi connectivity index (χ1) is 7.00. The van der Waals surface area contributed by atoms with E-state index in [-0.39, 0.29) is 0 Å². The zero-order valence-electron chi connectivity index (χ0n) is 8.14. The number of hydrogen-bond acceptors (Lipinski definition) is 4. The number of aromatic nitrogens is 2. The van der Waals surface area contributed by atoms with Gasteiger partial charge in [-0.15, -0.1) is 0 Å². The van der Waals surface area contributed by atoms with E-state index >= 15 is 0 Å². The van der Waals surface area contributed by atoms with Crippen LogP contribution in [0.5, 0.6) is 0 Å². The minimum absolute atomic E-state index is 0.539. The normalized spacial score (nSPS) is 9.53. The van der Waals surface area contributed by atoms with E-state index in [1.165, 1.54) is 35.1 Å². The number of rotatable bonds is 0. The Balaban J connectivity index is 0.000000151. The van der Waals surface area contributed by atoms with Crippen LogP contribution in [0.15, 0.2) is 17.8 Å².